The maximum atomic E-state index is 15.7. The number of phenols is 3. The van der Waals surface area contributed by atoms with E-state index < -0.39 is 73.9 Å². The minimum atomic E-state index is -4.99. The Hall–Kier alpha value is -4.87. The Morgan fingerprint density at radius 3 is 1.32 bits per heavy atom. The van der Waals surface area contributed by atoms with E-state index in [1.54, 1.807) is 23.5 Å². The number of fused-ring (bicyclic) bond motifs is 1. The number of hydrogen-bond acceptors (Lipinski definition) is 21. The third-order valence-corrected chi connectivity index (χ3v) is 32.6. The van der Waals surface area contributed by atoms with Crippen molar-refractivity contribution in [1.82, 2.24) is 27.9 Å². The number of nitrogens with zero attached hydrogens (tertiary/aromatic N) is 6. The standard InChI is InChI=1S/C86H137N9O15S7/c1-9-11-13-15-17-19-21-23-25-27-29-31-33-35-37-39-54-92-66-85(3,4)111-83(92)72-63-69(47-50-77(72)96)114(101,102)87-52-42-56-94(57-43-53-88-115(103,104)70-48-51-78(97)73(64-70)84-93(67-86(5,6)112-84)55-40-38-36-34-32-30-28-26-24-22-20-18-16-14-12-10-2)117(107,108)80-65-76(81-71(82(80)98)44-41-45-75(81)91-113(8,99)100)90-89-74-49-46-68(109-7)62-79(74)116(105,106)95-58-60-110-61-59-95/h41,44-51,62-65,83-84,87-88,91,96-98H,9-40,42-43,52-61,66-67H2,1-8H3. The van der Waals surface area contributed by atoms with Crippen LogP contribution in [0.5, 0.6) is 23.0 Å². The fourth-order valence-electron chi connectivity index (χ4n) is 15.9. The van der Waals surface area contributed by atoms with Gasteiger partial charge in [0, 0.05) is 89.8 Å². The average Bonchev–Trinajstić information content (AvgIpc) is 1.43. The van der Waals surface area contributed by atoms with E-state index in [9.17, 15) is 49.0 Å². The molecule has 0 amide bonds. The molecular formula is C86H137N9O15S7. The van der Waals surface area contributed by atoms with E-state index in [1.165, 1.54) is 251 Å². The number of hydrogen-bond donors (Lipinski definition) is 6. The van der Waals surface area contributed by atoms with E-state index in [0.717, 1.165) is 81.3 Å². The Morgan fingerprint density at radius 1 is 0.504 bits per heavy atom. The number of phenolic OH excluding ortho intramolecular Hbond substituents is 3. The van der Waals surface area contributed by atoms with Crippen LogP contribution in [0.15, 0.2) is 109 Å². The van der Waals surface area contributed by atoms with Gasteiger partial charge in [-0.3, -0.25) is 14.5 Å². The third kappa shape index (κ3) is 30.6. The van der Waals surface area contributed by atoms with Crippen LogP contribution in [-0.4, -0.2) is 177 Å². The third-order valence-electron chi connectivity index (χ3n) is 22.2. The molecular weight excluding hydrogens is 1620 g/mol. The first kappa shape index (κ1) is 97.6. The number of nitrogens with one attached hydrogen (secondary N) is 3. The number of benzene rings is 5. The van der Waals surface area contributed by atoms with Gasteiger partial charge in [0.2, 0.25) is 50.1 Å². The highest BCUT2D eigenvalue weighted by Crippen LogP contribution is 2.53. The largest absolute Gasteiger partial charge is 0.508 e. The highest BCUT2D eigenvalue weighted by molar-refractivity contribution is 8.01. The SMILES string of the molecule is CCCCCCCCCCCCCCCCCCN1CC(C)(C)SC1c1cc(S(=O)(=O)NCCCN(CCCNS(=O)(=O)c2ccc(O)c(C3SC(C)(C)CN3CCCCCCCCCCCCCCCCCC)c2)S(=O)(=O)c2cc(N=Nc3ccc(OC)cc3S(=O)(=O)N3CCOCC3)c3c(NS(C)(=O)=O)cccc3c2O)ccc1O. The molecule has 5 aromatic rings. The lowest BCUT2D eigenvalue weighted by Gasteiger charge is -2.26. The molecule has 3 aliphatic rings. The van der Waals surface area contributed by atoms with Crippen molar-refractivity contribution >= 4 is 101 Å². The number of unbranched alkanes of at least 4 members (excludes halogenated alkanes) is 30. The summed E-state index contributed by atoms with van der Waals surface area (Å²) >= 11 is 3.32. The second kappa shape index (κ2) is 47.7. The fraction of sp³-hybridized carbons (Fsp3) is 0.674. The molecule has 658 valence electrons. The Morgan fingerprint density at radius 2 is 0.915 bits per heavy atom. The highest BCUT2D eigenvalue weighted by Gasteiger charge is 2.42. The second-order valence-electron chi connectivity index (χ2n) is 33.3. The van der Waals surface area contributed by atoms with Crippen LogP contribution in [0.4, 0.5) is 17.1 Å². The van der Waals surface area contributed by atoms with Crippen molar-refractivity contribution in [3.8, 4) is 23.0 Å². The zero-order chi connectivity index (χ0) is 84.7. The predicted molar refractivity (Wildman–Crippen MR) is 476 cm³/mol. The molecule has 0 aromatic heterocycles. The summed E-state index contributed by atoms with van der Waals surface area (Å²) in [6.07, 6.45) is 40.8. The Balaban J connectivity index is 0.985. The summed E-state index contributed by atoms with van der Waals surface area (Å²) in [4.78, 5) is 3.34. The zero-order valence-corrected chi connectivity index (χ0v) is 76.7. The average molecular weight is 1760 g/mol. The number of aromatic hydroxyl groups is 3. The normalized spacial score (nSPS) is 17.3. The van der Waals surface area contributed by atoms with Crippen molar-refractivity contribution in [3.63, 3.8) is 0 Å². The first-order valence-electron chi connectivity index (χ1n) is 43.2. The van der Waals surface area contributed by atoms with E-state index in [0.29, 0.717) is 11.1 Å². The maximum absolute atomic E-state index is 15.7. The van der Waals surface area contributed by atoms with Crippen LogP contribution in [0, 0.1) is 0 Å². The van der Waals surface area contributed by atoms with E-state index in [4.69, 9.17) is 9.47 Å². The van der Waals surface area contributed by atoms with Crippen molar-refractivity contribution in [2.75, 3.05) is 96.7 Å². The van der Waals surface area contributed by atoms with Gasteiger partial charge in [0.25, 0.3) is 0 Å². The molecule has 0 aliphatic carbocycles. The Bertz CT molecular complexity index is 4400. The number of rotatable bonds is 57. The number of anilines is 1. The van der Waals surface area contributed by atoms with Crippen LogP contribution in [0.25, 0.3) is 10.8 Å². The molecule has 31 heteroatoms. The van der Waals surface area contributed by atoms with Crippen LogP contribution in [-0.2, 0) is 54.9 Å². The molecule has 3 heterocycles. The topological polar surface area (TPSA) is 324 Å². The summed E-state index contributed by atoms with van der Waals surface area (Å²) in [7, 11) is -20.7. The van der Waals surface area contributed by atoms with Crippen LogP contribution in [0.2, 0.25) is 0 Å². The van der Waals surface area contributed by atoms with Crippen molar-refractivity contribution in [1.29, 1.82) is 0 Å². The van der Waals surface area contributed by atoms with E-state index >= 15 is 8.42 Å². The van der Waals surface area contributed by atoms with Crippen molar-refractivity contribution in [2.45, 2.75) is 300 Å². The molecule has 117 heavy (non-hydrogen) atoms. The van der Waals surface area contributed by atoms with Gasteiger partial charge in [-0.15, -0.1) is 33.8 Å². The number of azo groups is 1. The summed E-state index contributed by atoms with van der Waals surface area (Å²) in [6, 6.07) is 17.5. The summed E-state index contributed by atoms with van der Waals surface area (Å²) in [5, 5.41) is 43.1. The van der Waals surface area contributed by atoms with Crippen molar-refractivity contribution < 1.29 is 66.9 Å². The quantitative estimate of drug-likeness (QED) is 0.0156. The summed E-state index contributed by atoms with van der Waals surface area (Å²) < 4.78 is 164. The van der Waals surface area contributed by atoms with Crippen molar-refractivity contribution in [2.24, 2.45) is 10.2 Å². The second-order valence-corrected chi connectivity index (χ2v) is 45.9. The molecule has 5 aromatic carbocycles. The molecule has 3 saturated heterocycles. The summed E-state index contributed by atoms with van der Waals surface area (Å²) in [5.74, 6) is -0.751. The molecule has 6 N–H and O–H groups in total. The van der Waals surface area contributed by atoms with Gasteiger partial charge < -0.3 is 24.8 Å². The molecule has 0 saturated carbocycles. The van der Waals surface area contributed by atoms with Crippen LogP contribution in [0.1, 0.15) is 282 Å². The van der Waals surface area contributed by atoms with Gasteiger partial charge in [-0.2, -0.15) is 8.61 Å². The van der Waals surface area contributed by atoms with Gasteiger partial charge in [-0.05, 0) is 127 Å². The van der Waals surface area contributed by atoms with Crippen LogP contribution < -0.4 is 18.9 Å². The molecule has 3 fully saturated rings. The molecule has 0 spiro atoms. The monoisotopic (exact) mass is 1760 g/mol. The molecule has 2 atom stereocenters. The molecule has 2 unspecified atom stereocenters. The van der Waals surface area contributed by atoms with Crippen molar-refractivity contribution in [3.05, 3.63) is 90.0 Å². The number of methoxy groups -OCH3 is 1. The number of morpholine rings is 1. The van der Waals surface area contributed by atoms with Gasteiger partial charge in [-0.1, -0.05) is 219 Å². The minimum Gasteiger partial charge on any atom is -0.508 e. The molecule has 24 nitrogen and oxygen atoms in total. The lowest BCUT2D eigenvalue weighted by Crippen LogP contribution is -2.40. The smallest absolute Gasteiger partial charge is 0.246 e. The summed E-state index contributed by atoms with van der Waals surface area (Å²) in [6.45, 7) is 14.9. The van der Waals surface area contributed by atoms with E-state index in [2.05, 4.69) is 75.7 Å². The van der Waals surface area contributed by atoms with Gasteiger partial charge in [0.15, 0.2) is 0 Å². The Labute approximate surface area is 710 Å². The Kier molecular flexibility index (Phi) is 39.8. The molecule has 3 aliphatic heterocycles. The maximum Gasteiger partial charge on any atom is 0.246 e. The van der Waals surface area contributed by atoms with Gasteiger partial charge in [0.05, 0.1) is 58.5 Å². The highest BCUT2D eigenvalue weighted by atomic mass is 32.2. The van der Waals surface area contributed by atoms with E-state index in [1.807, 2.05) is 0 Å². The molecule has 0 bridgehead atoms. The van der Waals surface area contributed by atoms with Crippen LogP contribution in [0.3, 0.4) is 0 Å². The molecule has 0 radical (unpaired) electrons. The van der Waals surface area contributed by atoms with Crippen LogP contribution >= 0.6 is 23.5 Å². The number of ether oxygens (including phenoxy) is 2. The van der Waals surface area contributed by atoms with Gasteiger partial charge in [-0.25, -0.2) is 51.5 Å². The predicted octanol–water partition coefficient (Wildman–Crippen LogP) is 19.7. The lowest BCUT2D eigenvalue weighted by atomic mass is 10.0. The van der Waals surface area contributed by atoms with E-state index in [-0.39, 0.29) is 132 Å². The first-order chi connectivity index (χ1) is 55.8. The molecule has 8 rings (SSSR count). The number of thioether (sulfide) groups is 2. The fourth-order valence-corrected chi connectivity index (χ4v) is 24.9. The van der Waals surface area contributed by atoms with Gasteiger partial charge in [0.1, 0.15) is 38.5 Å². The minimum absolute atomic E-state index is 0.0291. The lowest BCUT2D eigenvalue weighted by molar-refractivity contribution is 0.0730. The number of sulfonamides is 5. The zero-order valence-electron chi connectivity index (χ0n) is 71.0. The summed E-state index contributed by atoms with van der Waals surface area (Å²) in [5.41, 5.74) is 0.247. The van der Waals surface area contributed by atoms with Gasteiger partial charge >= 0.3 is 0 Å². The first-order valence-corrected chi connectivity index (χ1v) is 52.7.